The van der Waals surface area contributed by atoms with E-state index in [0.717, 1.165) is 12.2 Å². The molecule has 1 fully saturated rings. The van der Waals surface area contributed by atoms with Crippen LogP contribution in [-0.2, 0) is 0 Å². The molecule has 0 aromatic heterocycles. The van der Waals surface area contributed by atoms with E-state index in [4.69, 9.17) is 0 Å². The van der Waals surface area contributed by atoms with E-state index in [2.05, 4.69) is 25.7 Å². The first-order valence-corrected chi connectivity index (χ1v) is 6.94. The molecule has 1 saturated heterocycles. The van der Waals surface area contributed by atoms with Crippen LogP contribution in [0.25, 0.3) is 0 Å². The summed E-state index contributed by atoms with van der Waals surface area (Å²) in [6.07, 6.45) is 1.88. The Hall–Kier alpha value is -1.91. The molecule has 1 aliphatic heterocycles. The number of nitrogens with zero attached hydrogens (tertiary/aromatic N) is 2. The normalized spacial score (nSPS) is 26.4. The summed E-state index contributed by atoms with van der Waals surface area (Å²) in [6, 6.07) is 4.85. The summed E-state index contributed by atoms with van der Waals surface area (Å²) in [7, 11) is 0. The zero-order valence-corrected chi connectivity index (χ0v) is 12.1. The van der Waals surface area contributed by atoms with Gasteiger partial charge >= 0.3 is 0 Å². The highest BCUT2D eigenvalue weighted by Crippen LogP contribution is 2.34. The van der Waals surface area contributed by atoms with Crippen molar-refractivity contribution in [2.24, 2.45) is 11.8 Å². The smallest absolute Gasteiger partial charge is 0.270 e. The fraction of sp³-hybridized carbons (Fsp3) is 0.533. The summed E-state index contributed by atoms with van der Waals surface area (Å²) in [5, 5.41) is 10.8. The Labute approximate surface area is 118 Å². The van der Waals surface area contributed by atoms with Crippen LogP contribution in [0.4, 0.5) is 11.4 Å². The number of hydrogen-bond acceptors (Lipinski definition) is 4. The second kappa shape index (κ2) is 5.61. The number of nitro groups is 1. The van der Waals surface area contributed by atoms with Gasteiger partial charge < -0.3 is 4.90 Å². The van der Waals surface area contributed by atoms with Crippen LogP contribution >= 0.6 is 0 Å². The number of non-ortho nitro benzene ring substituents is 1. The van der Waals surface area contributed by atoms with Crippen LogP contribution < -0.4 is 4.90 Å². The van der Waals surface area contributed by atoms with Crippen molar-refractivity contribution in [3.8, 4) is 0 Å². The third-order valence-electron chi connectivity index (χ3n) is 4.26. The summed E-state index contributed by atoms with van der Waals surface area (Å²) >= 11 is 0. The van der Waals surface area contributed by atoms with Crippen molar-refractivity contribution in [2.45, 2.75) is 33.2 Å². The number of benzene rings is 1. The van der Waals surface area contributed by atoms with E-state index >= 15 is 0 Å². The zero-order valence-electron chi connectivity index (χ0n) is 12.1. The van der Waals surface area contributed by atoms with Crippen LogP contribution in [0.15, 0.2) is 18.2 Å². The lowest BCUT2D eigenvalue weighted by Gasteiger charge is -2.43. The number of hydrogen-bond donors (Lipinski definition) is 0. The molecular formula is C15H20N2O3. The number of anilines is 1. The summed E-state index contributed by atoms with van der Waals surface area (Å²) < 4.78 is 0. The molecule has 1 aliphatic rings. The van der Waals surface area contributed by atoms with Gasteiger partial charge in [0.1, 0.15) is 0 Å². The number of rotatable bonds is 3. The number of nitro benzene ring substituents is 1. The molecular weight excluding hydrogens is 256 g/mol. The van der Waals surface area contributed by atoms with Crippen molar-refractivity contribution >= 4 is 17.7 Å². The van der Waals surface area contributed by atoms with E-state index < -0.39 is 4.92 Å². The molecule has 0 spiro atoms. The lowest BCUT2D eigenvalue weighted by atomic mass is 9.85. The second-order valence-corrected chi connectivity index (χ2v) is 5.83. The topological polar surface area (TPSA) is 63.4 Å². The Morgan fingerprint density at radius 2 is 2.05 bits per heavy atom. The molecule has 108 valence electrons. The van der Waals surface area contributed by atoms with E-state index in [-0.39, 0.29) is 5.69 Å². The van der Waals surface area contributed by atoms with Gasteiger partial charge in [0.05, 0.1) is 4.92 Å². The minimum Gasteiger partial charge on any atom is -0.368 e. The van der Waals surface area contributed by atoms with Gasteiger partial charge in [0.25, 0.3) is 5.69 Å². The fourth-order valence-corrected chi connectivity index (χ4v) is 3.04. The van der Waals surface area contributed by atoms with Crippen molar-refractivity contribution in [2.75, 3.05) is 11.4 Å². The molecule has 0 saturated carbocycles. The quantitative estimate of drug-likeness (QED) is 0.483. The number of carbonyl (C=O) groups is 1. The van der Waals surface area contributed by atoms with Gasteiger partial charge in [-0.05, 0) is 31.2 Å². The number of aldehydes is 1. The zero-order chi connectivity index (χ0) is 14.9. The molecule has 0 aliphatic carbocycles. The largest absolute Gasteiger partial charge is 0.368 e. The van der Waals surface area contributed by atoms with Gasteiger partial charge in [-0.15, -0.1) is 0 Å². The van der Waals surface area contributed by atoms with Crippen LogP contribution in [0, 0.1) is 22.0 Å². The molecule has 0 bridgehead atoms. The average Bonchev–Trinajstić information content (AvgIpc) is 2.42. The first kappa shape index (κ1) is 14.5. The maximum absolute atomic E-state index is 11.3. The molecule has 20 heavy (non-hydrogen) atoms. The third-order valence-corrected chi connectivity index (χ3v) is 4.26. The molecule has 3 atom stereocenters. The van der Waals surface area contributed by atoms with Crippen molar-refractivity contribution < 1.29 is 9.72 Å². The predicted molar refractivity (Wildman–Crippen MR) is 78.2 cm³/mol. The van der Waals surface area contributed by atoms with E-state index in [1.165, 1.54) is 18.6 Å². The van der Waals surface area contributed by atoms with E-state index in [0.29, 0.717) is 29.7 Å². The standard InChI is InChI=1S/C15H20N2O3/c1-10-6-11(2)12(3)16(8-10)15-5-4-14(17(19)20)7-13(15)9-18/h4-5,7,9-12H,6,8H2,1-3H3. The highest BCUT2D eigenvalue weighted by Gasteiger charge is 2.30. The van der Waals surface area contributed by atoms with E-state index in [1.807, 2.05) is 0 Å². The molecule has 0 amide bonds. The van der Waals surface area contributed by atoms with Crippen LogP contribution in [-0.4, -0.2) is 23.8 Å². The van der Waals surface area contributed by atoms with Crippen molar-refractivity contribution in [3.63, 3.8) is 0 Å². The maximum Gasteiger partial charge on any atom is 0.270 e. The van der Waals surface area contributed by atoms with Crippen LogP contribution in [0.2, 0.25) is 0 Å². The minimum atomic E-state index is -0.471. The van der Waals surface area contributed by atoms with E-state index in [1.54, 1.807) is 6.07 Å². The van der Waals surface area contributed by atoms with Crippen LogP contribution in [0.5, 0.6) is 0 Å². The monoisotopic (exact) mass is 276 g/mol. The molecule has 0 radical (unpaired) electrons. The first-order valence-electron chi connectivity index (χ1n) is 6.94. The Balaban J connectivity index is 2.40. The summed E-state index contributed by atoms with van der Waals surface area (Å²) in [5.74, 6) is 1.09. The molecule has 0 N–H and O–H groups in total. The number of piperidine rings is 1. The van der Waals surface area contributed by atoms with Crippen molar-refractivity contribution in [3.05, 3.63) is 33.9 Å². The molecule has 5 heteroatoms. The SMILES string of the molecule is CC1CC(C)C(C)N(c2ccc([N+](=O)[O-])cc2C=O)C1. The van der Waals surface area contributed by atoms with Gasteiger partial charge in [-0.2, -0.15) is 0 Å². The third kappa shape index (κ3) is 2.66. The van der Waals surface area contributed by atoms with Crippen molar-refractivity contribution in [1.29, 1.82) is 0 Å². The Kier molecular flexibility index (Phi) is 4.06. The summed E-state index contributed by atoms with van der Waals surface area (Å²) in [5.41, 5.74) is 1.16. The molecule has 1 heterocycles. The average molecular weight is 276 g/mol. The van der Waals surface area contributed by atoms with Gasteiger partial charge in [0.2, 0.25) is 0 Å². The molecule has 5 nitrogen and oxygen atoms in total. The van der Waals surface area contributed by atoms with Crippen LogP contribution in [0.1, 0.15) is 37.6 Å². The lowest BCUT2D eigenvalue weighted by Crippen LogP contribution is -2.46. The minimum absolute atomic E-state index is 0.0402. The Bertz CT molecular complexity index is 530. The molecule has 2 rings (SSSR count). The van der Waals surface area contributed by atoms with E-state index in [9.17, 15) is 14.9 Å². The fourth-order valence-electron chi connectivity index (χ4n) is 3.04. The highest BCUT2D eigenvalue weighted by molar-refractivity contribution is 5.86. The van der Waals surface area contributed by atoms with Crippen LogP contribution in [0.3, 0.4) is 0 Å². The van der Waals surface area contributed by atoms with Gasteiger partial charge in [-0.1, -0.05) is 13.8 Å². The maximum atomic E-state index is 11.3. The first-order chi connectivity index (χ1) is 9.43. The van der Waals surface area contributed by atoms with Gasteiger partial charge in [0, 0.05) is 36.0 Å². The van der Waals surface area contributed by atoms with Gasteiger partial charge in [-0.3, -0.25) is 14.9 Å². The van der Waals surface area contributed by atoms with Gasteiger partial charge in [0.15, 0.2) is 6.29 Å². The summed E-state index contributed by atoms with van der Waals surface area (Å²) in [6.45, 7) is 7.43. The number of carbonyl (C=O) groups excluding carboxylic acids is 1. The molecule has 1 aromatic carbocycles. The molecule has 1 aromatic rings. The Morgan fingerprint density at radius 3 is 2.65 bits per heavy atom. The summed E-state index contributed by atoms with van der Waals surface area (Å²) in [4.78, 5) is 23.8. The van der Waals surface area contributed by atoms with Gasteiger partial charge in [-0.25, -0.2) is 0 Å². The predicted octanol–water partition coefficient (Wildman–Crippen LogP) is 3.28. The second-order valence-electron chi connectivity index (χ2n) is 5.83. The highest BCUT2D eigenvalue weighted by atomic mass is 16.6. The lowest BCUT2D eigenvalue weighted by molar-refractivity contribution is -0.384. The Morgan fingerprint density at radius 1 is 1.35 bits per heavy atom. The molecule has 3 unspecified atom stereocenters. The van der Waals surface area contributed by atoms with Crippen molar-refractivity contribution in [1.82, 2.24) is 0 Å².